The molecule has 0 amide bonds. The van der Waals surface area contributed by atoms with Crippen LogP contribution in [0.5, 0.6) is 0 Å². The van der Waals surface area contributed by atoms with E-state index in [-0.39, 0.29) is 6.10 Å². The molecule has 2 heteroatoms. The van der Waals surface area contributed by atoms with Crippen molar-refractivity contribution in [3.05, 3.63) is 71.8 Å². The average molecular weight is 338 g/mol. The summed E-state index contributed by atoms with van der Waals surface area (Å²) in [6, 6.07) is 20.8. The zero-order valence-electron chi connectivity index (χ0n) is 15.5. The summed E-state index contributed by atoms with van der Waals surface area (Å²) in [5.41, 5.74) is 2.91. The molecule has 1 aliphatic rings. The Hall–Kier alpha value is -1.64. The fourth-order valence-electron chi connectivity index (χ4n) is 3.47. The molecule has 25 heavy (non-hydrogen) atoms. The molecule has 1 atom stereocenters. The zero-order chi connectivity index (χ0) is 17.5. The molecule has 1 saturated carbocycles. The minimum Gasteiger partial charge on any atom is -0.374 e. The largest absolute Gasteiger partial charge is 0.374 e. The molecule has 1 unspecified atom stereocenters. The van der Waals surface area contributed by atoms with Gasteiger partial charge in [0.1, 0.15) is 0 Å². The van der Waals surface area contributed by atoms with Crippen molar-refractivity contribution < 1.29 is 9.47 Å². The predicted molar refractivity (Wildman–Crippen MR) is 102 cm³/mol. The van der Waals surface area contributed by atoms with Crippen LogP contribution >= 0.6 is 0 Å². The Morgan fingerprint density at radius 2 is 1.40 bits per heavy atom. The number of ether oxygens (including phenoxy) is 2. The molecule has 0 spiro atoms. The van der Waals surface area contributed by atoms with Crippen LogP contribution in [0.15, 0.2) is 60.7 Å². The molecule has 0 saturated heterocycles. The SMILES string of the molecule is CC(C)C1(CC(COCc2ccccc2)OCc2ccccc2)CC1. The third-order valence-electron chi connectivity index (χ3n) is 5.49. The summed E-state index contributed by atoms with van der Waals surface area (Å²) in [5, 5.41) is 0. The molecular formula is C23H30O2. The summed E-state index contributed by atoms with van der Waals surface area (Å²) in [4.78, 5) is 0. The second-order valence-corrected chi connectivity index (χ2v) is 7.64. The molecule has 1 aliphatic carbocycles. The molecule has 0 bridgehead atoms. The average Bonchev–Trinajstić information content (AvgIpc) is 3.42. The Balaban J connectivity index is 1.54. The van der Waals surface area contributed by atoms with Crippen molar-refractivity contribution in [3.63, 3.8) is 0 Å². The highest BCUT2D eigenvalue weighted by Crippen LogP contribution is 2.55. The van der Waals surface area contributed by atoms with Crippen molar-refractivity contribution in [3.8, 4) is 0 Å². The van der Waals surface area contributed by atoms with E-state index in [9.17, 15) is 0 Å². The summed E-state index contributed by atoms with van der Waals surface area (Å²) in [7, 11) is 0. The van der Waals surface area contributed by atoms with Gasteiger partial charge in [-0.15, -0.1) is 0 Å². The molecule has 2 aromatic carbocycles. The summed E-state index contributed by atoms with van der Waals surface area (Å²) < 4.78 is 12.3. The fraction of sp³-hybridized carbons (Fsp3) is 0.478. The lowest BCUT2D eigenvalue weighted by Gasteiger charge is -2.26. The first-order valence-corrected chi connectivity index (χ1v) is 9.45. The van der Waals surface area contributed by atoms with Crippen LogP contribution in [0, 0.1) is 11.3 Å². The van der Waals surface area contributed by atoms with E-state index in [0.717, 1.165) is 6.42 Å². The number of rotatable bonds is 10. The van der Waals surface area contributed by atoms with Crippen LogP contribution in [-0.2, 0) is 22.7 Å². The first-order chi connectivity index (χ1) is 12.2. The Morgan fingerprint density at radius 3 is 1.92 bits per heavy atom. The minimum absolute atomic E-state index is 0.161. The second kappa shape index (κ2) is 8.64. The maximum absolute atomic E-state index is 6.27. The van der Waals surface area contributed by atoms with E-state index >= 15 is 0 Å². The second-order valence-electron chi connectivity index (χ2n) is 7.64. The highest BCUT2D eigenvalue weighted by atomic mass is 16.5. The molecular weight excluding hydrogens is 308 g/mol. The van der Waals surface area contributed by atoms with Gasteiger partial charge in [-0.2, -0.15) is 0 Å². The maximum atomic E-state index is 6.27. The van der Waals surface area contributed by atoms with Gasteiger partial charge in [-0.3, -0.25) is 0 Å². The van der Waals surface area contributed by atoms with Crippen molar-refractivity contribution in [2.75, 3.05) is 6.61 Å². The van der Waals surface area contributed by atoms with Gasteiger partial charge in [0, 0.05) is 0 Å². The summed E-state index contributed by atoms with van der Waals surface area (Å²) >= 11 is 0. The molecule has 2 nitrogen and oxygen atoms in total. The van der Waals surface area contributed by atoms with Crippen LogP contribution < -0.4 is 0 Å². The quantitative estimate of drug-likeness (QED) is 0.560. The van der Waals surface area contributed by atoms with Crippen molar-refractivity contribution in [2.24, 2.45) is 11.3 Å². The van der Waals surface area contributed by atoms with Crippen LogP contribution in [0.25, 0.3) is 0 Å². The molecule has 1 fully saturated rings. The van der Waals surface area contributed by atoms with Gasteiger partial charge < -0.3 is 9.47 Å². The molecule has 3 rings (SSSR count). The van der Waals surface area contributed by atoms with Crippen molar-refractivity contribution >= 4 is 0 Å². The lowest BCUT2D eigenvalue weighted by atomic mass is 9.87. The van der Waals surface area contributed by atoms with E-state index < -0.39 is 0 Å². The van der Waals surface area contributed by atoms with Gasteiger partial charge in [0.25, 0.3) is 0 Å². The van der Waals surface area contributed by atoms with Gasteiger partial charge in [0.2, 0.25) is 0 Å². The van der Waals surface area contributed by atoms with E-state index in [2.05, 4.69) is 62.4 Å². The molecule has 0 aliphatic heterocycles. The molecule has 2 aromatic rings. The summed E-state index contributed by atoms with van der Waals surface area (Å²) in [6.07, 6.45) is 3.92. The fourth-order valence-corrected chi connectivity index (χ4v) is 3.47. The van der Waals surface area contributed by atoms with Crippen LogP contribution in [0.4, 0.5) is 0 Å². The van der Waals surface area contributed by atoms with Gasteiger partial charge in [0.15, 0.2) is 0 Å². The minimum atomic E-state index is 0.161. The highest BCUT2D eigenvalue weighted by molar-refractivity contribution is 5.14. The number of hydrogen-bond donors (Lipinski definition) is 0. The van der Waals surface area contributed by atoms with Crippen LogP contribution in [0.1, 0.15) is 44.2 Å². The summed E-state index contributed by atoms with van der Waals surface area (Å²) in [5.74, 6) is 0.712. The van der Waals surface area contributed by atoms with Crippen LogP contribution in [0.2, 0.25) is 0 Å². The van der Waals surface area contributed by atoms with Crippen molar-refractivity contribution in [1.82, 2.24) is 0 Å². The topological polar surface area (TPSA) is 18.5 Å². The normalized spacial score (nSPS) is 16.8. The molecule has 0 N–H and O–H groups in total. The van der Waals surface area contributed by atoms with E-state index in [0.29, 0.717) is 31.2 Å². The Bertz CT molecular complexity index is 617. The third kappa shape index (κ3) is 5.42. The molecule has 0 aromatic heterocycles. The predicted octanol–water partition coefficient (Wildman–Crippen LogP) is 5.61. The number of benzene rings is 2. The van der Waals surface area contributed by atoms with E-state index in [1.165, 1.54) is 24.0 Å². The van der Waals surface area contributed by atoms with Gasteiger partial charge in [-0.05, 0) is 41.7 Å². The lowest BCUT2D eigenvalue weighted by Crippen LogP contribution is -2.26. The Morgan fingerprint density at radius 1 is 0.840 bits per heavy atom. The summed E-state index contributed by atoms with van der Waals surface area (Å²) in [6.45, 7) is 6.66. The zero-order valence-corrected chi connectivity index (χ0v) is 15.5. The monoisotopic (exact) mass is 338 g/mol. The van der Waals surface area contributed by atoms with Gasteiger partial charge in [-0.25, -0.2) is 0 Å². The Labute approximate surface area is 152 Å². The van der Waals surface area contributed by atoms with Crippen LogP contribution in [-0.4, -0.2) is 12.7 Å². The highest BCUT2D eigenvalue weighted by Gasteiger charge is 2.46. The van der Waals surface area contributed by atoms with Gasteiger partial charge >= 0.3 is 0 Å². The maximum Gasteiger partial charge on any atom is 0.0818 e. The molecule has 0 heterocycles. The van der Waals surface area contributed by atoms with Crippen molar-refractivity contribution in [2.45, 2.75) is 52.4 Å². The first-order valence-electron chi connectivity index (χ1n) is 9.45. The first kappa shape index (κ1) is 18.2. The van der Waals surface area contributed by atoms with Gasteiger partial charge in [-0.1, -0.05) is 74.5 Å². The Kier molecular flexibility index (Phi) is 6.28. The van der Waals surface area contributed by atoms with Crippen molar-refractivity contribution in [1.29, 1.82) is 0 Å². The standard InChI is InChI=1S/C23H30O2/c1-19(2)23(13-14-23)15-22(25-17-21-11-7-4-8-12-21)18-24-16-20-9-5-3-6-10-20/h3-12,19,22H,13-18H2,1-2H3. The smallest absolute Gasteiger partial charge is 0.0818 e. The molecule has 0 radical (unpaired) electrons. The lowest BCUT2D eigenvalue weighted by molar-refractivity contribution is -0.0459. The van der Waals surface area contributed by atoms with E-state index in [4.69, 9.17) is 9.47 Å². The third-order valence-corrected chi connectivity index (χ3v) is 5.49. The van der Waals surface area contributed by atoms with E-state index in [1.807, 2.05) is 12.1 Å². The van der Waals surface area contributed by atoms with Crippen LogP contribution in [0.3, 0.4) is 0 Å². The number of hydrogen-bond acceptors (Lipinski definition) is 2. The van der Waals surface area contributed by atoms with E-state index in [1.54, 1.807) is 0 Å². The van der Waals surface area contributed by atoms with Gasteiger partial charge in [0.05, 0.1) is 25.9 Å². The molecule has 134 valence electrons.